The monoisotopic (exact) mass is 445 g/mol. The normalized spacial score (nSPS) is 16.4. The summed E-state index contributed by atoms with van der Waals surface area (Å²) in [6, 6.07) is 9.85. The van der Waals surface area contributed by atoms with Gasteiger partial charge in [-0.15, -0.1) is 0 Å². The quantitative estimate of drug-likeness (QED) is 0.730. The number of nitrogens with one attached hydrogen (secondary N) is 1. The molecule has 1 aliphatic heterocycles. The Labute approximate surface area is 171 Å². The van der Waals surface area contributed by atoms with Gasteiger partial charge in [-0.1, -0.05) is 0 Å². The lowest BCUT2D eigenvalue weighted by Gasteiger charge is -2.32. The van der Waals surface area contributed by atoms with E-state index in [0.29, 0.717) is 36.5 Å². The number of ether oxygens (including phenoxy) is 1. The van der Waals surface area contributed by atoms with Gasteiger partial charge in [0.05, 0.1) is 18.6 Å². The molecule has 0 unspecified atom stereocenters. The van der Waals surface area contributed by atoms with Crippen LogP contribution in [0.5, 0.6) is 0 Å². The lowest BCUT2D eigenvalue weighted by atomic mass is 9.96. The number of methoxy groups -OCH3 is 1. The zero-order chi connectivity index (χ0) is 20.1. The topological polar surface area (TPSA) is 88.6 Å². The van der Waals surface area contributed by atoms with Crippen molar-refractivity contribution >= 4 is 39.5 Å². The second-order valence-corrected chi connectivity index (χ2v) is 7.43. The van der Waals surface area contributed by atoms with Crippen molar-refractivity contribution in [3.63, 3.8) is 0 Å². The number of anilines is 1. The van der Waals surface area contributed by atoms with Gasteiger partial charge in [-0.05, 0) is 65.2 Å². The van der Waals surface area contributed by atoms with Gasteiger partial charge in [0.1, 0.15) is 5.82 Å². The maximum atomic E-state index is 12.8. The molecule has 1 atom stereocenters. The molecular formula is C20H20BrN3O4. The van der Waals surface area contributed by atoms with Crippen LogP contribution in [-0.4, -0.2) is 47.9 Å². The Kier molecular flexibility index (Phi) is 6.41. The van der Waals surface area contributed by atoms with E-state index in [2.05, 4.69) is 31.0 Å². The fraction of sp³-hybridized carbons (Fsp3) is 0.300. The maximum Gasteiger partial charge on any atom is 0.337 e. The number of carbonyl (C=O) groups is 3. The molecule has 1 fully saturated rings. The van der Waals surface area contributed by atoms with E-state index in [-0.39, 0.29) is 17.7 Å². The molecule has 2 heterocycles. The Morgan fingerprint density at radius 3 is 2.50 bits per heavy atom. The molecule has 2 aromatic rings. The number of aromatic nitrogens is 1. The molecule has 1 N–H and O–H groups in total. The Bertz CT molecular complexity index is 868. The summed E-state index contributed by atoms with van der Waals surface area (Å²) in [5.74, 6) is -0.563. The number of rotatable bonds is 4. The van der Waals surface area contributed by atoms with Crippen LogP contribution in [-0.2, 0) is 9.53 Å². The summed E-state index contributed by atoms with van der Waals surface area (Å²) in [7, 11) is 1.31. The molecule has 0 spiro atoms. The van der Waals surface area contributed by atoms with Gasteiger partial charge < -0.3 is 15.0 Å². The molecule has 1 saturated heterocycles. The number of hydrogen-bond acceptors (Lipinski definition) is 5. The second-order valence-electron chi connectivity index (χ2n) is 6.51. The van der Waals surface area contributed by atoms with E-state index in [9.17, 15) is 14.4 Å². The van der Waals surface area contributed by atoms with Crippen molar-refractivity contribution in [3.8, 4) is 0 Å². The highest BCUT2D eigenvalue weighted by atomic mass is 79.9. The molecule has 146 valence electrons. The number of piperidine rings is 1. The van der Waals surface area contributed by atoms with Crippen molar-refractivity contribution in [1.82, 2.24) is 9.88 Å². The summed E-state index contributed by atoms with van der Waals surface area (Å²) in [4.78, 5) is 42.7. The van der Waals surface area contributed by atoms with Crippen LogP contribution in [0.3, 0.4) is 0 Å². The van der Waals surface area contributed by atoms with E-state index in [1.165, 1.54) is 7.11 Å². The van der Waals surface area contributed by atoms with Gasteiger partial charge in [0.25, 0.3) is 5.91 Å². The minimum Gasteiger partial charge on any atom is -0.465 e. The molecule has 0 saturated carbocycles. The Hall–Kier alpha value is -2.74. The number of esters is 1. The predicted octanol–water partition coefficient (Wildman–Crippen LogP) is 3.12. The number of nitrogens with zero attached hydrogens (tertiary/aromatic N) is 2. The van der Waals surface area contributed by atoms with Crippen molar-refractivity contribution in [1.29, 1.82) is 0 Å². The number of benzene rings is 1. The number of halogens is 1. The zero-order valence-electron chi connectivity index (χ0n) is 15.4. The van der Waals surface area contributed by atoms with E-state index in [1.54, 1.807) is 47.5 Å². The summed E-state index contributed by atoms with van der Waals surface area (Å²) < 4.78 is 5.49. The molecule has 28 heavy (non-hydrogen) atoms. The van der Waals surface area contributed by atoms with Crippen LogP contribution in [0.15, 0.2) is 47.1 Å². The lowest BCUT2D eigenvalue weighted by Crippen LogP contribution is -2.43. The van der Waals surface area contributed by atoms with Crippen molar-refractivity contribution in [3.05, 3.63) is 58.2 Å². The van der Waals surface area contributed by atoms with Crippen molar-refractivity contribution in [2.45, 2.75) is 12.8 Å². The van der Waals surface area contributed by atoms with E-state index in [1.807, 2.05) is 0 Å². The van der Waals surface area contributed by atoms with Gasteiger partial charge >= 0.3 is 5.97 Å². The van der Waals surface area contributed by atoms with Crippen molar-refractivity contribution < 1.29 is 19.1 Å². The smallest absolute Gasteiger partial charge is 0.337 e. The third-order valence-corrected chi connectivity index (χ3v) is 5.08. The van der Waals surface area contributed by atoms with Crippen molar-refractivity contribution in [2.24, 2.45) is 5.92 Å². The molecule has 1 aromatic carbocycles. The Morgan fingerprint density at radius 1 is 1.14 bits per heavy atom. The van der Waals surface area contributed by atoms with Crippen LogP contribution in [0.2, 0.25) is 0 Å². The summed E-state index contributed by atoms with van der Waals surface area (Å²) >= 11 is 3.31. The van der Waals surface area contributed by atoms with E-state index >= 15 is 0 Å². The first-order valence-corrected chi connectivity index (χ1v) is 9.67. The highest BCUT2D eigenvalue weighted by molar-refractivity contribution is 9.10. The molecule has 1 aromatic heterocycles. The lowest BCUT2D eigenvalue weighted by molar-refractivity contribution is -0.121. The summed E-state index contributed by atoms with van der Waals surface area (Å²) in [5.41, 5.74) is 0.861. The third-order valence-electron chi connectivity index (χ3n) is 4.61. The van der Waals surface area contributed by atoms with Gasteiger partial charge in [-0.25, -0.2) is 9.78 Å². The zero-order valence-corrected chi connectivity index (χ0v) is 16.9. The molecule has 3 rings (SSSR count). The molecule has 0 radical (unpaired) electrons. The Balaban J connectivity index is 1.63. The number of likely N-dealkylation sites (tertiary alicyclic amines) is 1. The average Bonchev–Trinajstić information content (AvgIpc) is 2.74. The first-order valence-electron chi connectivity index (χ1n) is 8.88. The average molecular weight is 446 g/mol. The van der Waals surface area contributed by atoms with Gasteiger partial charge in [0.2, 0.25) is 5.91 Å². The number of hydrogen-bond donors (Lipinski definition) is 1. The summed E-state index contributed by atoms with van der Waals surface area (Å²) in [6.45, 7) is 0.942. The SMILES string of the molecule is COC(=O)c1ccc(C(=O)N2CCC[C@H](C(=O)Nc3ccc(Br)cn3)C2)cc1. The molecule has 1 aliphatic rings. The fourth-order valence-corrected chi connectivity index (χ4v) is 3.34. The molecular weight excluding hydrogens is 426 g/mol. The largest absolute Gasteiger partial charge is 0.465 e. The van der Waals surface area contributed by atoms with Crippen LogP contribution in [0.25, 0.3) is 0 Å². The number of carbonyl (C=O) groups excluding carboxylic acids is 3. The van der Waals surface area contributed by atoms with Gasteiger partial charge in [0.15, 0.2) is 0 Å². The first-order chi connectivity index (χ1) is 13.5. The van der Waals surface area contributed by atoms with Gasteiger partial charge in [-0.2, -0.15) is 0 Å². The number of amides is 2. The van der Waals surface area contributed by atoms with Crippen LogP contribution < -0.4 is 5.32 Å². The second kappa shape index (κ2) is 8.97. The molecule has 7 nitrogen and oxygen atoms in total. The number of pyridine rings is 1. The van der Waals surface area contributed by atoms with Crippen LogP contribution >= 0.6 is 15.9 Å². The van der Waals surface area contributed by atoms with Crippen LogP contribution in [0.4, 0.5) is 5.82 Å². The predicted molar refractivity (Wildman–Crippen MR) is 107 cm³/mol. The molecule has 2 amide bonds. The highest BCUT2D eigenvalue weighted by Crippen LogP contribution is 2.21. The van der Waals surface area contributed by atoms with E-state index < -0.39 is 5.97 Å². The van der Waals surface area contributed by atoms with Gasteiger partial charge in [0, 0.05) is 29.3 Å². The third kappa shape index (κ3) is 4.75. The highest BCUT2D eigenvalue weighted by Gasteiger charge is 2.29. The van der Waals surface area contributed by atoms with Crippen LogP contribution in [0.1, 0.15) is 33.6 Å². The van der Waals surface area contributed by atoms with E-state index in [0.717, 1.165) is 10.9 Å². The van der Waals surface area contributed by atoms with E-state index in [4.69, 9.17) is 0 Å². The maximum absolute atomic E-state index is 12.8. The summed E-state index contributed by atoms with van der Waals surface area (Å²) in [5, 5.41) is 2.80. The standard InChI is InChI=1S/C20H20BrN3O4/c1-28-20(27)14-6-4-13(5-7-14)19(26)24-10-2-3-15(12-24)18(25)23-17-9-8-16(21)11-22-17/h4-9,11,15H,2-3,10,12H2,1H3,(H,22,23,25)/t15-/m0/s1. The molecule has 0 aliphatic carbocycles. The minimum absolute atomic E-state index is 0.145. The van der Waals surface area contributed by atoms with Gasteiger partial charge in [-0.3, -0.25) is 9.59 Å². The minimum atomic E-state index is -0.449. The fourth-order valence-electron chi connectivity index (χ4n) is 3.10. The Morgan fingerprint density at radius 2 is 1.86 bits per heavy atom. The van der Waals surface area contributed by atoms with Crippen molar-refractivity contribution in [2.75, 3.05) is 25.5 Å². The molecule has 8 heteroatoms. The summed E-state index contributed by atoms with van der Waals surface area (Å²) in [6.07, 6.45) is 3.08. The molecule has 0 bridgehead atoms. The first kappa shape index (κ1) is 20.0. The van der Waals surface area contributed by atoms with Crippen LogP contribution in [0, 0.1) is 5.92 Å².